The molecule has 1 saturated carbocycles. The molecule has 2 aliphatic rings. The number of hydrogen-bond donors (Lipinski definition) is 2. The van der Waals surface area contributed by atoms with Crippen LogP contribution >= 0.6 is 0 Å². The number of nitrogens with zero attached hydrogens (tertiary/aromatic N) is 1. The van der Waals surface area contributed by atoms with Crippen molar-refractivity contribution in [1.29, 1.82) is 0 Å². The molecule has 0 aromatic heterocycles. The van der Waals surface area contributed by atoms with E-state index in [9.17, 15) is 9.90 Å². The molecule has 22 heavy (non-hydrogen) atoms. The van der Waals surface area contributed by atoms with Gasteiger partial charge in [0.1, 0.15) is 0 Å². The van der Waals surface area contributed by atoms with Gasteiger partial charge in [-0.15, -0.1) is 0 Å². The number of nitrogens with one attached hydrogen (secondary N) is 1. The van der Waals surface area contributed by atoms with Gasteiger partial charge in [0.2, 0.25) is 5.91 Å². The Labute approximate surface area is 132 Å². The molecule has 3 rings (SSSR count). The largest absolute Gasteiger partial charge is 0.369 e. The molecule has 0 bridgehead atoms. The smallest absolute Gasteiger partial charge is 0.244 e. The van der Waals surface area contributed by atoms with Crippen LogP contribution in [0.2, 0.25) is 0 Å². The number of aliphatic hydroxyl groups is 1. The fourth-order valence-electron chi connectivity index (χ4n) is 3.90. The van der Waals surface area contributed by atoms with E-state index in [-0.39, 0.29) is 11.9 Å². The van der Waals surface area contributed by atoms with Crippen molar-refractivity contribution in [3.63, 3.8) is 0 Å². The van der Waals surface area contributed by atoms with Crippen molar-refractivity contribution < 1.29 is 9.90 Å². The number of amides is 1. The van der Waals surface area contributed by atoms with Crippen LogP contribution in [0.15, 0.2) is 30.3 Å². The van der Waals surface area contributed by atoms with E-state index in [1.165, 1.54) is 12.0 Å². The number of rotatable bonds is 2. The van der Waals surface area contributed by atoms with Crippen LogP contribution in [0.1, 0.15) is 44.6 Å². The van der Waals surface area contributed by atoms with Gasteiger partial charge in [0, 0.05) is 7.05 Å². The van der Waals surface area contributed by atoms with Crippen LogP contribution in [0.5, 0.6) is 0 Å². The molecule has 2 fully saturated rings. The normalized spacial score (nSPS) is 31.5. The monoisotopic (exact) mass is 302 g/mol. The van der Waals surface area contributed by atoms with E-state index in [1.54, 1.807) is 18.9 Å². The summed E-state index contributed by atoms with van der Waals surface area (Å²) in [4.78, 5) is 14.4. The zero-order valence-electron chi connectivity index (χ0n) is 13.5. The van der Waals surface area contributed by atoms with Gasteiger partial charge in [0.25, 0.3) is 0 Å². The van der Waals surface area contributed by atoms with E-state index >= 15 is 0 Å². The van der Waals surface area contributed by atoms with E-state index in [4.69, 9.17) is 0 Å². The van der Waals surface area contributed by atoms with Crippen LogP contribution in [0.25, 0.3) is 0 Å². The number of hydrogen-bond acceptors (Lipinski definition) is 3. The fraction of sp³-hybridized carbons (Fsp3) is 0.611. The minimum atomic E-state index is -1.17. The van der Waals surface area contributed by atoms with Crippen molar-refractivity contribution in [2.24, 2.45) is 0 Å². The summed E-state index contributed by atoms with van der Waals surface area (Å²) >= 11 is 0. The van der Waals surface area contributed by atoms with E-state index in [1.807, 2.05) is 18.2 Å². The first-order valence-corrected chi connectivity index (χ1v) is 8.28. The summed E-state index contributed by atoms with van der Waals surface area (Å²) in [5.41, 5.74) is -0.474. The summed E-state index contributed by atoms with van der Waals surface area (Å²) in [5.74, 6) is 0.0431. The van der Waals surface area contributed by atoms with Crippen LogP contribution in [0.3, 0.4) is 0 Å². The summed E-state index contributed by atoms with van der Waals surface area (Å²) in [6, 6.07) is 10.0. The molecular formula is C18H26N2O2. The third kappa shape index (κ3) is 2.55. The molecule has 1 saturated heterocycles. The zero-order chi connectivity index (χ0) is 15.8. The fourth-order valence-corrected chi connectivity index (χ4v) is 3.90. The van der Waals surface area contributed by atoms with Gasteiger partial charge >= 0.3 is 0 Å². The predicted octanol–water partition coefficient (Wildman–Crippen LogP) is 2.07. The highest BCUT2D eigenvalue weighted by Gasteiger charge is 2.54. The molecule has 0 unspecified atom stereocenters. The van der Waals surface area contributed by atoms with E-state index in [0.29, 0.717) is 6.42 Å². The summed E-state index contributed by atoms with van der Waals surface area (Å²) in [7, 11) is 1.73. The second-order valence-electron chi connectivity index (χ2n) is 6.99. The molecule has 1 spiro atoms. The first kappa shape index (κ1) is 15.5. The molecule has 4 nitrogen and oxygen atoms in total. The van der Waals surface area contributed by atoms with Crippen molar-refractivity contribution in [1.82, 2.24) is 10.2 Å². The average Bonchev–Trinajstić information content (AvgIpc) is 2.53. The molecular weight excluding hydrogens is 276 g/mol. The number of benzene rings is 1. The third-order valence-electron chi connectivity index (χ3n) is 5.49. The Bertz CT molecular complexity index is 535. The number of carbonyl (C=O) groups excluding carboxylic acids is 1. The maximum Gasteiger partial charge on any atom is 0.244 e. The number of piperazine rings is 1. The zero-order valence-corrected chi connectivity index (χ0v) is 13.5. The average molecular weight is 302 g/mol. The van der Waals surface area contributed by atoms with Gasteiger partial charge in [-0.05, 0) is 31.7 Å². The number of likely N-dealkylation sites (N-methyl/N-ethyl adjacent to an activating group) is 1. The Kier molecular flexibility index (Phi) is 4.00. The Balaban J connectivity index is 1.88. The third-order valence-corrected chi connectivity index (χ3v) is 5.49. The van der Waals surface area contributed by atoms with Gasteiger partial charge in [0.15, 0.2) is 5.72 Å². The topological polar surface area (TPSA) is 52.6 Å². The maximum absolute atomic E-state index is 12.8. The molecule has 1 amide bonds. The van der Waals surface area contributed by atoms with Crippen LogP contribution in [0, 0.1) is 0 Å². The number of carbonyl (C=O) groups is 1. The van der Waals surface area contributed by atoms with Crippen molar-refractivity contribution in [3.8, 4) is 0 Å². The van der Waals surface area contributed by atoms with Crippen LogP contribution in [-0.4, -0.2) is 40.3 Å². The van der Waals surface area contributed by atoms with Gasteiger partial charge < -0.3 is 10.0 Å². The highest BCUT2D eigenvalue weighted by Crippen LogP contribution is 2.37. The molecule has 2 atom stereocenters. The molecule has 120 valence electrons. The van der Waals surface area contributed by atoms with Crippen molar-refractivity contribution in [3.05, 3.63) is 35.9 Å². The van der Waals surface area contributed by atoms with E-state index in [2.05, 4.69) is 17.4 Å². The highest BCUT2D eigenvalue weighted by molar-refractivity contribution is 5.88. The minimum Gasteiger partial charge on any atom is -0.369 e. The quantitative estimate of drug-likeness (QED) is 0.879. The van der Waals surface area contributed by atoms with Gasteiger partial charge in [-0.1, -0.05) is 49.6 Å². The minimum absolute atomic E-state index is 0.0431. The second-order valence-corrected chi connectivity index (χ2v) is 6.99. The SMILES string of the molecule is CN1C(=O)C2(CCCCC2)N[C@@H](Cc2ccccc2)[C@]1(C)O. The molecule has 2 N–H and O–H groups in total. The van der Waals surface area contributed by atoms with Gasteiger partial charge in [-0.2, -0.15) is 0 Å². The highest BCUT2D eigenvalue weighted by atomic mass is 16.3. The van der Waals surface area contributed by atoms with Gasteiger partial charge in [0.05, 0.1) is 11.6 Å². The van der Waals surface area contributed by atoms with Crippen LogP contribution in [-0.2, 0) is 11.2 Å². The van der Waals surface area contributed by atoms with Gasteiger partial charge in [-0.3, -0.25) is 10.1 Å². The van der Waals surface area contributed by atoms with Crippen molar-refractivity contribution in [2.75, 3.05) is 7.05 Å². The van der Waals surface area contributed by atoms with Crippen molar-refractivity contribution in [2.45, 2.75) is 62.8 Å². The molecule has 1 aliphatic heterocycles. The van der Waals surface area contributed by atoms with Crippen LogP contribution in [0.4, 0.5) is 0 Å². The lowest BCUT2D eigenvalue weighted by molar-refractivity contribution is -0.183. The van der Waals surface area contributed by atoms with Gasteiger partial charge in [-0.25, -0.2) is 0 Å². The maximum atomic E-state index is 12.8. The predicted molar refractivity (Wildman–Crippen MR) is 86.3 cm³/mol. The summed E-state index contributed by atoms with van der Waals surface area (Å²) in [6.45, 7) is 1.74. The standard InChI is InChI=1S/C18H26N2O2/c1-17(22)15(13-14-9-5-3-6-10-14)19-18(16(21)20(17)2)11-7-4-8-12-18/h3,5-6,9-10,15,19,22H,4,7-8,11-13H2,1-2H3/t15-,17-/m0/s1. The van der Waals surface area contributed by atoms with Crippen LogP contribution < -0.4 is 5.32 Å². The molecule has 1 aromatic rings. The lowest BCUT2D eigenvalue weighted by atomic mass is 9.76. The Morgan fingerprint density at radius 3 is 2.50 bits per heavy atom. The van der Waals surface area contributed by atoms with E-state index < -0.39 is 11.3 Å². The molecule has 1 heterocycles. The Morgan fingerprint density at radius 2 is 1.86 bits per heavy atom. The Morgan fingerprint density at radius 1 is 1.23 bits per heavy atom. The first-order chi connectivity index (χ1) is 10.5. The summed E-state index contributed by atoms with van der Waals surface area (Å²) in [5, 5.41) is 14.4. The second kappa shape index (κ2) is 5.67. The summed E-state index contributed by atoms with van der Waals surface area (Å²) in [6.07, 6.45) is 5.81. The van der Waals surface area contributed by atoms with Crippen molar-refractivity contribution >= 4 is 5.91 Å². The summed E-state index contributed by atoms with van der Waals surface area (Å²) < 4.78 is 0. The first-order valence-electron chi connectivity index (χ1n) is 8.28. The lowest BCUT2D eigenvalue weighted by Crippen LogP contribution is -2.76. The molecule has 1 aliphatic carbocycles. The van der Waals surface area contributed by atoms with E-state index in [0.717, 1.165) is 25.7 Å². The lowest BCUT2D eigenvalue weighted by Gasteiger charge is -2.54. The molecule has 4 heteroatoms. The molecule has 1 aromatic carbocycles. The Hall–Kier alpha value is -1.39. The molecule has 0 radical (unpaired) electrons.